The monoisotopic (exact) mass is 390 g/mol. The number of hydrogen-bond donors (Lipinski definition) is 1. The molecule has 2 aromatic rings. The Kier molecular flexibility index (Phi) is 5.33. The molecule has 128 valence electrons. The number of carbonyl (C=O) groups is 1. The maximum atomic E-state index is 12.6. The molecule has 0 radical (unpaired) electrons. The fraction of sp³-hybridized carbons (Fsp3) is 0.500. The third-order valence-corrected chi connectivity index (χ3v) is 5.58. The Morgan fingerprint density at radius 1 is 1.21 bits per heavy atom. The molecule has 1 saturated carbocycles. The predicted octanol–water partition coefficient (Wildman–Crippen LogP) is 4.10. The topological polar surface area (TPSA) is 59.8 Å². The third-order valence-electron chi connectivity index (χ3n) is 4.69. The molecule has 1 aliphatic carbocycles. The number of carbonyl (C=O) groups excluding carboxylic acids is 1. The van der Waals surface area contributed by atoms with Gasteiger partial charge in [-0.15, -0.1) is 5.10 Å². The summed E-state index contributed by atoms with van der Waals surface area (Å²) in [6.07, 6.45) is 7.04. The smallest absolute Gasteiger partial charge is 0.273 e. The molecule has 5 nitrogen and oxygen atoms in total. The van der Waals surface area contributed by atoms with Gasteiger partial charge in [0, 0.05) is 10.5 Å². The summed E-state index contributed by atoms with van der Waals surface area (Å²) in [5.41, 5.74) is 3.21. The van der Waals surface area contributed by atoms with Crippen LogP contribution in [0.4, 0.5) is 0 Å². The first kappa shape index (κ1) is 17.1. The molecule has 1 aromatic carbocycles. The lowest BCUT2D eigenvalue weighted by atomic mass is 10.1. The first-order valence-corrected chi connectivity index (χ1v) is 9.35. The van der Waals surface area contributed by atoms with Crippen LogP contribution in [0.15, 0.2) is 22.7 Å². The van der Waals surface area contributed by atoms with Gasteiger partial charge in [-0.05, 0) is 50.5 Å². The number of aromatic nitrogens is 3. The second-order valence-corrected chi connectivity index (χ2v) is 7.39. The summed E-state index contributed by atoms with van der Waals surface area (Å²) >= 11 is 3.50. The van der Waals surface area contributed by atoms with Crippen LogP contribution in [0.2, 0.25) is 0 Å². The second-order valence-electron chi connectivity index (χ2n) is 6.53. The Bertz CT molecular complexity index is 733. The van der Waals surface area contributed by atoms with E-state index in [1.54, 1.807) is 4.68 Å². The summed E-state index contributed by atoms with van der Waals surface area (Å²) < 4.78 is 2.77. The van der Waals surface area contributed by atoms with E-state index in [1.165, 1.54) is 25.7 Å². The van der Waals surface area contributed by atoms with Gasteiger partial charge in [0.2, 0.25) is 0 Å². The zero-order valence-corrected chi connectivity index (χ0v) is 15.8. The van der Waals surface area contributed by atoms with Gasteiger partial charge in [-0.2, -0.15) is 0 Å². The van der Waals surface area contributed by atoms with E-state index in [4.69, 9.17) is 0 Å². The minimum atomic E-state index is -0.112. The van der Waals surface area contributed by atoms with Crippen molar-refractivity contribution in [3.8, 4) is 5.69 Å². The highest BCUT2D eigenvalue weighted by molar-refractivity contribution is 9.10. The molecule has 0 bridgehead atoms. The zero-order chi connectivity index (χ0) is 17.1. The standard InChI is InChI=1S/C18H23BrN4O/c1-12-11-15(9-10-16(12)19)23-13(2)17(21-22-23)18(24)20-14-7-5-3-4-6-8-14/h9-11,14H,3-8H2,1-2H3,(H,20,24). The largest absolute Gasteiger partial charge is 0.348 e. The van der Waals surface area contributed by atoms with Crippen LogP contribution in [-0.2, 0) is 0 Å². The van der Waals surface area contributed by atoms with Gasteiger partial charge in [0.25, 0.3) is 5.91 Å². The molecule has 1 heterocycles. The molecule has 6 heteroatoms. The number of benzene rings is 1. The van der Waals surface area contributed by atoms with Crippen molar-refractivity contribution in [2.45, 2.75) is 58.4 Å². The molecule has 1 aromatic heterocycles. The van der Waals surface area contributed by atoms with E-state index in [0.717, 1.165) is 34.3 Å². The molecule has 0 atom stereocenters. The van der Waals surface area contributed by atoms with Gasteiger partial charge in [0.05, 0.1) is 11.4 Å². The molecular formula is C18H23BrN4O. The van der Waals surface area contributed by atoms with Crippen LogP contribution in [0, 0.1) is 13.8 Å². The SMILES string of the molecule is Cc1cc(-n2nnc(C(=O)NC3CCCCCC3)c2C)ccc1Br. The van der Waals surface area contributed by atoms with Crippen LogP contribution < -0.4 is 5.32 Å². The van der Waals surface area contributed by atoms with Crippen molar-refractivity contribution in [2.75, 3.05) is 0 Å². The molecule has 1 N–H and O–H groups in total. The predicted molar refractivity (Wildman–Crippen MR) is 97.5 cm³/mol. The third kappa shape index (κ3) is 3.69. The van der Waals surface area contributed by atoms with Crippen molar-refractivity contribution in [3.63, 3.8) is 0 Å². The van der Waals surface area contributed by atoms with Crippen LogP contribution in [0.25, 0.3) is 5.69 Å². The Balaban J connectivity index is 1.78. The summed E-state index contributed by atoms with van der Waals surface area (Å²) in [4.78, 5) is 12.6. The molecular weight excluding hydrogens is 368 g/mol. The molecule has 1 aliphatic rings. The van der Waals surface area contributed by atoms with Gasteiger partial charge in [0.1, 0.15) is 0 Å². The number of nitrogens with zero attached hydrogens (tertiary/aromatic N) is 3. The van der Waals surface area contributed by atoms with Gasteiger partial charge >= 0.3 is 0 Å². The fourth-order valence-corrected chi connectivity index (χ4v) is 3.47. The molecule has 0 aliphatic heterocycles. The number of amides is 1. The first-order chi connectivity index (χ1) is 11.6. The maximum absolute atomic E-state index is 12.6. The maximum Gasteiger partial charge on any atom is 0.273 e. The van der Waals surface area contributed by atoms with E-state index < -0.39 is 0 Å². The van der Waals surface area contributed by atoms with Crippen molar-refractivity contribution < 1.29 is 4.79 Å². The number of aryl methyl sites for hydroxylation is 1. The fourth-order valence-electron chi connectivity index (χ4n) is 3.22. The average Bonchev–Trinajstić information content (AvgIpc) is 2.77. The number of hydrogen-bond acceptors (Lipinski definition) is 3. The Hall–Kier alpha value is -1.69. The quantitative estimate of drug-likeness (QED) is 0.802. The van der Waals surface area contributed by atoms with Gasteiger partial charge in [0.15, 0.2) is 5.69 Å². The molecule has 0 saturated heterocycles. The van der Waals surface area contributed by atoms with E-state index in [9.17, 15) is 4.79 Å². The van der Waals surface area contributed by atoms with Crippen molar-refractivity contribution in [1.82, 2.24) is 20.3 Å². The average molecular weight is 391 g/mol. The molecule has 1 amide bonds. The Morgan fingerprint density at radius 3 is 2.58 bits per heavy atom. The van der Waals surface area contributed by atoms with Gasteiger partial charge in [-0.25, -0.2) is 4.68 Å². The number of rotatable bonds is 3. The van der Waals surface area contributed by atoms with Crippen LogP contribution in [-0.4, -0.2) is 26.9 Å². The van der Waals surface area contributed by atoms with Gasteiger partial charge in [-0.1, -0.05) is 46.8 Å². The highest BCUT2D eigenvalue weighted by atomic mass is 79.9. The van der Waals surface area contributed by atoms with Gasteiger partial charge in [-0.3, -0.25) is 4.79 Å². The summed E-state index contributed by atoms with van der Waals surface area (Å²) in [6, 6.07) is 6.24. The molecule has 0 spiro atoms. The van der Waals surface area contributed by atoms with E-state index in [1.807, 2.05) is 32.0 Å². The summed E-state index contributed by atoms with van der Waals surface area (Å²) in [7, 11) is 0. The van der Waals surface area contributed by atoms with Crippen molar-refractivity contribution in [2.24, 2.45) is 0 Å². The lowest BCUT2D eigenvalue weighted by molar-refractivity contribution is 0.0927. The van der Waals surface area contributed by atoms with Gasteiger partial charge < -0.3 is 5.32 Å². The van der Waals surface area contributed by atoms with E-state index in [-0.39, 0.29) is 11.9 Å². The Labute approximate surface area is 151 Å². The summed E-state index contributed by atoms with van der Waals surface area (Å²) in [6.45, 7) is 3.92. The van der Waals surface area contributed by atoms with E-state index in [2.05, 4.69) is 31.6 Å². The first-order valence-electron chi connectivity index (χ1n) is 8.56. The molecule has 1 fully saturated rings. The van der Waals surface area contributed by atoms with E-state index in [0.29, 0.717) is 5.69 Å². The normalized spacial score (nSPS) is 16.0. The molecule has 0 unspecified atom stereocenters. The molecule has 3 rings (SSSR count). The van der Waals surface area contributed by atoms with Crippen LogP contribution in [0.1, 0.15) is 60.3 Å². The second kappa shape index (κ2) is 7.47. The van der Waals surface area contributed by atoms with Crippen LogP contribution in [0.3, 0.4) is 0 Å². The highest BCUT2D eigenvalue weighted by Gasteiger charge is 2.21. The minimum absolute atomic E-state index is 0.112. The van der Waals surface area contributed by atoms with Crippen molar-refractivity contribution >= 4 is 21.8 Å². The lowest BCUT2D eigenvalue weighted by Crippen LogP contribution is -2.35. The minimum Gasteiger partial charge on any atom is -0.348 e. The summed E-state index contributed by atoms with van der Waals surface area (Å²) in [5.74, 6) is -0.112. The lowest BCUT2D eigenvalue weighted by Gasteiger charge is -2.15. The number of halogens is 1. The highest BCUT2D eigenvalue weighted by Crippen LogP contribution is 2.21. The number of nitrogens with one attached hydrogen (secondary N) is 1. The van der Waals surface area contributed by atoms with E-state index >= 15 is 0 Å². The van der Waals surface area contributed by atoms with Crippen LogP contribution >= 0.6 is 15.9 Å². The zero-order valence-electron chi connectivity index (χ0n) is 14.2. The van der Waals surface area contributed by atoms with Crippen molar-refractivity contribution in [1.29, 1.82) is 0 Å². The molecule has 24 heavy (non-hydrogen) atoms. The summed E-state index contributed by atoms with van der Waals surface area (Å²) in [5, 5.41) is 11.4. The van der Waals surface area contributed by atoms with Crippen LogP contribution in [0.5, 0.6) is 0 Å². The van der Waals surface area contributed by atoms with Crippen molar-refractivity contribution in [3.05, 3.63) is 39.6 Å². The Morgan fingerprint density at radius 2 is 1.92 bits per heavy atom.